The predicted molar refractivity (Wildman–Crippen MR) is 98.4 cm³/mol. The van der Waals surface area contributed by atoms with Gasteiger partial charge in [0.15, 0.2) is 6.61 Å². The first-order valence-electron chi connectivity index (χ1n) is 8.39. The third-order valence-corrected chi connectivity index (χ3v) is 4.11. The molecule has 0 heterocycles. The van der Waals surface area contributed by atoms with Crippen LogP contribution in [-0.2, 0) is 11.3 Å². The normalized spacial score (nSPS) is 10.8. The molecule has 0 aliphatic carbocycles. The van der Waals surface area contributed by atoms with Crippen LogP contribution < -0.4 is 4.74 Å². The van der Waals surface area contributed by atoms with Crippen molar-refractivity contribution in [1.29, 1.82) is 0 Å². The molecule has 2 rings (SSSR count). The van der Waals surface area contributed by atoms with Crippen LogP contribution in [0.2, 0.25) is 0 Å². The molecule has 0 bridgehead atoms. The molecule has 0 saturated carbocycles. The molecule has 3 heteroatoms. The van der Waals surface area contributed by atoms with Crippen molar-refractivity contribution in [2.75, 3.05) is 13.7 Å². The van der Waals surface area contributed by atoms with Crippen LogP contribution in [0.15, 0.2) is 42.5 Å². The first-order chi connectivity index (χ1) is 11.4. The van der Waals surface area contributed by atoms with Gasteiger partial charge in [0.05, 0.1) is 0 Å². The zero-order valence-corrected chi connectivity index (χ0v) is 15.3. The predicted octanol–water partition coefficient (Wildman–Crippen LogP) is 4.46. The van der Waals surface area contributed by atoms with Crippen LogP contribution in [-0.4, -0.2) is 24.5 Å². The minimum absolute atomic E-state index is 0.0215. The van der Waals surface area contributed by atoms with Crippen LogP contribution >= 0.6 is 0 Å². The largest absolute Gasteiger partial charge is 0.483 e. The van der Waals surface area contributed by atoms with Crippen molar-refractivity contribution in [3.05, 3.63) is 64.7 Å². The molecule has 2 aromatic rings. The van der Waals surface area contributed by atoms with Gasteiger partial charge in [-0.2, -0.15) is 0 Å². The van der Waals surface area contributed by atoms with Gasteiger partial charge < -0.3 is 9.64 Å². The van der Waals surface area contributed by atoms with Crippen LogP contribution in [0, 0.1) is 13.8 Å². The average Bonchev–Trinajstić information content (AvgIpc) is 2.54. The van der Waals surface area contributed by atoms with Gasteiger partial charge in [-0.15, -0.1) is 0 Å². The van der Waals surface area contributed by atoms with Gasteiger partial charge in [0.2, 0.25) is 0 Å². The van der Waals surface area contributed by atoms with Crippen LogP contribution in [0.5, 0.6) is 5.75 Å². The van der Waals surface area contributed by atoms with E-state index in [2.05, 4.69) is 57.2 Å². The third kappa shape index (κ3) is 4.85. The number of likely N-dealkylation sites (N-methyl/N-ethyl adjacent to an activating group) is 1. The van der Waals surface area contributed by atoms with Crippen LogP contribution in [0.1, 0.15) is 42.0 Å². The standard InChI is InChI=1S/C21H27NO2/c1-15(2)19-11-8-17(4)12-20(19)24-14-21(23)22(5)13-18-9-6-16(3)7-10-18/h6-12,15H,13-14H2,1-5H3. The summed E-state index contributed by atoms with van der Waals surface area (Å²) in [5.41, 5.74) is 4.61. The van der Waals surface area contributed by atoms with Crippen LogP contribution in [0.4, 0.5) is 0 Å². The van der Waals surface area contributed by atoms with E-state index in [1.165, 1.54) is 5.56 Å². The van der Waals surface area contributed by atoms with E-state index in [-0.39, 0.29) is 12.5 Å². The summed E-state index contributed by atoms with van der Waals surface area (Å²) < 4.78 is 5.83. The lowest BCUT2D eigenvalue weighted by atomic mass is 10.0. The van der Waals surface area contributed by atoms with Crippen molar-refractivity contribution in [2.45, 2.75) is 40.2 Å². The Kier molecular flexibility index (Phi) is 6.02. The Balaban J connectivity index is 1.97. The quantitative estimate of drug-likeness (QED) is 0.784. The van der Waals surface area contributed by atoms with Gasteiger partial charge in [-0.1, -0.05) is 55.8 Å². The fourth-order valence-electron chi connectivity index (χ4n) is 2.55. The molecule has 0 saturated heterocycles. The Labute approximate surface area is 145 Å². The first-order valence-corrected chi connectivity index (χ1v) is 8.39. The third-order valence-electron chi connectivity index (χ3n) is 4.11. The Hall–Kier alpha value is -2.29. The topological polar surface area (TPSA) is 29.5 Å². The fourth-order valence-corrected chi connectivity index (χ4v) is 2.55. The molecular weight excluding hydrogens is 298 g/mol. The van der Waals surface area contributed by atoms with E-state index in [1.54, 1.807) is 4.90 Å². The van der Waals surface area contributed by atoms with Gasteiger partial charge in [0, 0.05) is 13.6 Å². The molecule has 0 aromatic heterocycles. The molecule has 0 fully saturated rings. The zero-order chi connectivity index (χ0) is 17.7. The number of hydrogen-bond donors (Lipinski definition) is 0. The van der Waals surface area contributed by atoms with Gasteiger partial charge in [-0.3, -0.25) is 4.79 Å². The minimum Gasteiger partial charge on any atom is -0.483 e. The van der Waals surface area contributed by atoms with Gasteiger partial charge in [-0.25, -0.2) is 0 Å². The summed E-state index contributed by atoms with van der Waals surface area (Å²) in [5.74, 6) is 1.15. The maximum atomic E-state index is 12.4. The second-order valence-electron chi connectivity index (χ2n) is 6.72. The van der Waals surface area contributed by atoms with Crippen molar-refractivity contribution in [3.8, 4) is 5.75 Å². The lowest BCUT2D eigenvalue weighted by Gasteiger charge is -2.19. The van der Waals surface area contributed by atoms with Gasteiger partial charge in [0.25, 0.3) is 5.91 Å². The zero-order valence-electron chi connectivity index (χ0n) is 15.3. The van der Waals surface area contributed by atoms with Crippen molar-refractivity contribution in [2.24, 2.45) is 0 Å². The van der Waals surface area contributed by atoms with E-state index < -0.39 is 0 Å². The highest BCUT2D eigenvalue weighted by atomic mass is 16.5. The minimum atomic E-state index is -0.0215. The number of ether oxygens (including phenoxy) is 1. The highest BCUT2D eigenvalue weighted by Gasteiger charge is 2.13. The van der Waals surface area contributed by atoms with Crippen molar-refractivity contribution < 1.29 is 9.53 Å². The number of nitrogens with zero attached hydrogens (tertiary/aromatic N) is 1. The average molecular weight is 325 g/mol. The number of carbonyl (C=O) groups is 1. The Bertz CT molecular complexity index is 689. The smallest absolute Gasteiger partial charge is 0.260 e. The van der Waals surface area contributed by atoms with Crippen LogP contribution in [0.3, 0.4) is 0 Å². The number of aryl methyl sites for hydroxylation is 2. The van der Waals surface area contributed by atoms with Crippen molar-refractivity contribution in [3.63, 3.8) is 0 Å². The molecule has 0 spiro atoms. The van der Waals surface area contributed by atoms with E-state index in [0.717, 1.165) is 22.4 Å². The molecular formula is C21H27NO2. The van der Waals surface area contributed by atoms with E-state index in [1.807, 2.05) is 20.0 Å². The molecule has 128 valence electrons. The molecule has 0 unspecified atom stereocenters. The molecule has 1 amide bonds. The molecule has 3 nitrogen and oxygen atoms in total. The summed E-state index contributed by atoms with van der Waals surface area (Å²) >= 11 is 0. The highest BCUT2D eigenvalue weighted by molar-refractivity contribution is 5.77. The van der Waals surface area contributed by atoms with Crippen LogP contribution in [0.25, 0.3) is 0 Å². The molecule has 2 aromatic carbocycles. The number of hydrogen-bond acceptors (Lipinski definition) is 2. The van der Waals surface area contributed by atoms with E-state index >= 15 is 0 Å². The maximum Gasteiger partial charge on any atom is 0.260 e. The number of benzene rings is 2. The Morgan fingerprint density at radius 3 is 2.29 bits per heavy atom. The molecule has 0 aliphatic heterocycles. The number of carbonyl (C=O) groups excluding carboxylic acids is 1. The number of amides is 1. The van der Waals surface area contributed by atoms with Crippen molar-refractivity contribution >= 4 is 5.91 Å². The first kappa shape index (κ1) is 18.1. The van der Waals surface area contributed by atoms with Crippen molar-refractivity contribution in [1.82, 2.24) is 4.90 Å². The lowest BCUT2D eigenvalue weighted by Crippen LogP contribution is -2.31. The fraction of sp³-hybridized carbons (Fsp3) is 0.381. The molecule has 24 heavy (non-hydrogen) atoms. The highest BCUT2D eigenvalue weighted by Crippen LogP contribution is 2.27. The van der Waals surface area contributed by atoms with Gasteiger partial charge in [-0.05, 0) is 42.5 Å². The van der Waals surface area contributed by atoms with Gasteiger partial charge >= 0.3 is 0 Å². The summed E-state index contributed by atoms with van der Waals surface area (Å²) in [6.45, 7) is 8.99. The summed E-state index contributed by atoms with van der Waals surface area (Å²) in [6, 6.07) is 14.4. The number of rotatable bonds is 6. The molecule has 0 aliphatic rings. The second kappa shape index (κ2) is 8.00. The second-order valence-corrected chi connectivity index (χ2v) is 6.72. The Morgan fingerprint density at radius 1 is 1.04 bits per heavy atom. The van der Waals surface area contributed by atoms with Gasteiger partial charge in [0.1, 0.15) is 5.75 Å². The van der Waals surface area contributed by atoms with E-state index in [4.69, 9.17) is 4.74 Å². The van der Waals surface area contributed by atoms with E-state index in [9.17, 15) is 4.79 Å². The SMILES string of the molecule is Cc1ccc(CN(C)C(=O)COc2cc(C)ccc2C(C)C)cc1. The van der Waals surface area contributed by atoms with E-state index in [0.29, 0.717) is 12.5 Å². The summed E-state index contributed by atoms with van der Waals surface area (Å²) in [4.78, 5) is 14.1. The lowest BCUT2D eigenvalue weighted by molar-refractivity contribution is -0.132. The summed E-state index contributed by atoms with van der Waals surface area (Å²) in [6.07, 6.45) is 0. The summed E-state index contributed by atoms with van der Waals surface area (Å²) in [7, 11) is 1.81. The monoisotopic (exact) mass is 325 g/mol. The molecule has 0 N–H and O–H groups in total. The Morgan fingerprint density at radius 2 is 1.67 bits per heavy atom. The summed E-state index contributed by atoms with van der Waals surface area (Å²) in [5, 5.41) is 0. The maximum absolute atomic E-state index is 12.4. The molecule has 0 atom stereocenters. The molecule has 0 radical (unpaired) electrons.